The lowest BCUT2D eigenvalue weighted by Crippen LogP contribution is -1.92. The van der Waals surface area contributed by atoms with Crippen LogP contribution in [0, 0.1) is 0 Å². The highest BCUT2D eigenvalue weighted by atomic mass is 16.3. The van der Waals surface area contributed by atoms with Gasteiger partial charge in [-0.3, -0.25) is 0 Å². The highest BCUT2D eigenvalue weighted by Crippen LogP contribution is 2.36. The SMILES string of the molecule is CC(C)c1cc(N)c2oc(C3CCCC3)nc2c1. The maximum Gasteiger partial charge on any atom is 0.198 e. The Labute approximate surface area is 107 Å². The number of nitrogen functional groups attached to an aromatic ring is 1. The van der Waals surface area contributed by atoms with Gasteiger partial charge in [-0.2, -0.15) is 0 Å². The van der Waals surface area contributed by atoms with E-state index in [9.17, 15) is 0 Å². The van der Waals surface area contributed by atoms with Crippen molar-refractivity contribution >= 4 is 16.8 Å². The Bertz CT molecular complexity index is 565. The minimum absolute atomic E-state index is 0.461. The Morgan fingerprint density at radius 2 is 2.00 bits per heavy atom. The molecule has 0 unspecified atom stereocenters. The summed E-state index contributed by atoms with van der Waals surface area (Å²) in [5.41, 5.74) is 9.70. The van der Waals surface area contributed by atoms with Gasteiger partial charge in [-0.1, -0.05) is 26.7 Å². The van der Waals surface area contributed by atoms with Crippen LogP contribution in [-0.4, -0.2) is 4.98 Å². The molecular weight excluding hydrogens is 224 g/mol. The van der Waals surface area contributed by atoms with Gasteiger partial charge in [0.2, 0.25) is 0 Å². The maximum absolute atomic E-state index is 6.07. The van der Waals surface area contributed by atoms with Crippen molar-refractivity contribution in [2.45, 2.75) is 51.4 Å². The summed E-state index contributed by atoms with van der Waals surface area (Å²) < 4.78 is 5.88. The molecule has 0 atom stereocenters. The van der Waals surface area contributed by atoms with Crippen molar-refractivity contribution in [3.63, 3.8) is 0 Å². The van der Waals surface area contributed by atoms with E-state index >= 15 is 0 Å². The third-order valence-electron chi connectivity index (χ3n) is 3.93. The van der Waals surface area contributed by atoms with E-state index in [1.54, 1.807) is 0 Å². The van der Waals surface area contributed by atoms with Crippen molar-refractivity contribution < 1.29 is 4.42 Å². The van der Waals surface area contributed by atoms with Crippen LogP contribution in [-0.2, 0) is 0 Å². The zero-order valence-corrected chi connectivity index (χ0v) is 11.1. The van der Waals surface area contributed by atoms with Crippen LogP contribution < -0.4 is 5.73 Å². The molecular formula is C15H20N2O. The summed E-state index contributed by atoms with van der Waals surface area (Å²) in [5.74, 6) is 1.85. The predicted octanol–water partition coefficient (Wildman–Crippen LogP) is 4.19. The Morgan fingerprint density at radius 1 is 1.28 bits per heavy atom. The minimum atomic E-state index is 0.461. The van der Waals surface area contributed by atoms with Gasteiger partial charge in [-0.05, 0) is 36.5 Å². The van der Waals surface area contributed by atoms with E-state index < -0.39 is 0 Å². The molecule has 0 aliphatic heterocycles. The van der Waals surface area contributed by atoms with Gasteiger partial charge < -0.3 is 10.2 Å². The number of rotatable bonds is 2. The van der Waals surface area contributed by atoms with Crippen molar-refractivity contribution in [3.8, 4) is 0 Å². The van der Waals surface area contributed by atoms with Crippen LogP contribution >= 0.6 is 0 Å². The second-order valence-electron chi connectivity index (χ2n) is 5.65. The molecule has 3 nitrogen and oxygen atoms in total. The van der Waals surface area contributed by atoms with E-state index in [-0.39, 0.29) is 0 Å². The fraction of sp³-hybridized carbons (Fsp3) is 0.533. The van der Waals surface area contributed by atoms with Gasteiger partial charge in [-0.25, -0.2) is 4.98 Å². The van der Waals surface area contributed by atoms with Crippen molar-refractivity contribution in [3.05, 3.63) is 23.6 Å². The summed E-state index contributed by atoms with van der Waals surface area (Å²) in [6, 6.07) is 4.12. The highest BCUT2D eigenvalue weighted by Gasteiger charge is 2.23. The van der Waals surface area contributed by atoms with Gasteiger partial charge in [-0.15, -0.1) is 0 Å². The fourth-order valence-electron chi connectivity index (χ4n) is 2.78. The molecule has 2 aromatic rings. The molecule has 3 rings (SSSR count). The fourth-order valence-corrected chi connectivity index (χ4v) is 2.78. The Kier molecular flexibility index (Phi) is 2.77. The minimum Gasteiger partial charge on any atom is -0.438 e. The lowest BCUT2D eigenvalue weighted by atomic mass is 10.0. The van der Waals surface area contributed by atoms with Crippen LogP contribution in [0.15, 0.2) is 16.5 Å². The summed E-state index contributed by atoms with van der Waals surface area (Å²) in [4.78, 5) is 4.65. The largest absolute Gasteiger partial charge is 0.438 e. The molecule has 1 aromatic heterocycles. The Morgan fingerprint density at radius 3 is 2.67 bits per heavy atom. The average Bonchev–Trinajstić information content (AvgIpc) is 2.96. The number of hydrogen-bond acceptors (Lipinski definition) is 3. The van der Waals surface area contributed by atoms with Gasteiger partial charge in [0, 0.05) is 5.92 Å². The van der Waals surface area contributed by atoms with Crippen molar-refractivity contribution in [1.82, 2.24) is 4.98 Å². The number of aromatic nitrogens is 1. The van der Waals surface area contributed by atoms with E-state index in [0.29, 0.717) is 17.5 Å². The van der Waals surface area contributed by atoms with E-state index in [1.807, 2.05) is 6.07 Å². The van der Waals surface area contributed by atoms with Gasteiger partial charge in [0.1, 0.15) is 5.52 Å². The van der Waals surface area contributed by atoms with E-state index in [2.05, 4.69) is 24.9 Å². The van der Waals surface area contributed by atoms with E-state index in [0.717, 1.165) is 17.0 Å². The number of fused-ring (bicyclic) bond motifs is 1. The van der Waals surface area contributed by atoms with Crippen molar-refractivity contribution in [1.29, 1.82) is 0 Å². The summed E-state index contributed by atoms with van der Waals surface area (Å²) in [6.45, 7) is 4.33. The number of anilines is 1. The van der Waals surface area contributed by atoms with Gasteiger partial charge >= 0.3 is 0 Å². The topological polar surface area (TPSA) is 52.0 Å². The molecule has 0 spiro atoms. The third kappa shape index (κ3) is 1.88. The molecule has 0 radical (unpaired) electrons. The summed E-state index contributed by atoms with van der Waals surface area (Å²) >= 11 is 0. The molecule has 1 aliphatic rings. The monoisotopic (exact) mass is 244 g/mol. The van der Waals surface area contributed by atoms with Gasteiger partial charge in [0.05, 0.1) is 5.69 Å². The first kappa shape index (κ1) is 11.6. The van der Waals surface area contributed by atoms with Gasteiger partial charge in [0.15, 0.2) is 11.5 Å². The molecule has 0 amide bonds. The number of benzene rings is 1. The summed E-state index contributed by atoms with van der Waals surface area (Å²) in [7, 11) is 0. The molecule has 1 fully saturated rings. The van der Waals surface area contributed by atoms with Gasteiger partial charge in [0.25, 0.3) is 0 Å². The van der Waals surface area contributed by atoms with Crippen LogP contribution in [0.2, 0.25) is 0 Å². The normalized spacial score (nSPS) is 17.1. The zero-order valence-electron chi connectivity index (χ0n) is 11.1. The lowest BCUT2D eigenvalue weighted by molar-refractivity contribution is 0.475. The second kappa shape index (κ2) is 4.30. The van der Waals surface area contributed by atoms with Crippen LogP contribution in [0.1, 0.15) is 62.8 Å². The molecule has 1 heterocycles. The third-order valence-corrected chi connectivity index (χ3v) is 3.93. The molecule has 1 aliphatic carbocycles. The number of nitrogens with zero attached hydrogens (tertiary/aromatic N) is 1. The highest BCUT2D eigenvalue weighted by molar-refractivity contribution is 5.86. The van der Waals surface area contributed by atoms with Crippen molar-refractivity contribution in [2.24, 2.45) is 0 Å². The quantitative estimate of drug-likeness (QED) is 0.806. The number of nitrogens with two attached hydrogens (primary N) is 1. The standard InChI is InChI=1S/C15H20N2O/c1-9(2)11-7-12(16)14-13(8-11)17-15(18-14)10-5-3-4-6-10/h7-10H,3-6,16H2,1-2H3. The van der Waals surface area contributed by atoms with Crippen LogP contribution in [0.4, 0.5) is 5.69 Å². The molecule has 0 bridgehead atoms. The van der Waals surface area contributed by atoms with E-state index in [1.165, 1.54) is 31.2 Å². The lowest BCUT2D eigenvalue weighted by Gasteiger charge is -2.05. The first-order valence-corrected chi connectivity index (χ1v) is 6.85. The number of oxazole rings is 1. The van der Waals surface area contributed by atoms with Crippen LogP contribution in [0.3, 0.4) is 0 Å². The number of hydrogen-bond donors (Lipinski definition) is 1. The first-order valence-electron chi connectivity index (χ1n) is 6.85. The first-order chi connectivity index (χ1) is 8.65. The maximum atomic E-state index is 6.07. The predicted molar refractivity (Wildman–Crippen MR) is 73.7 cm³/mol. The molecule has 18 heavy (non-hydrogen) atoms. The Hall–Kier alpha value is -1.51. The zero-order chi connectivity index (χ0) is 12.7. The second-order valence-corrected chi connectivity index (χ2v) is 5.65. The van der Waals surface area contributed by atoms with Crippen LogP contribution in [0.5, 0.6) is 0 Å². The molecule has 3 heteroatoms. The molecule has 96 valence electrons. The summed E-state index contributed by atoms with van der Waals surface area (Å²) in [6.07, 6.45) is 4.97. The van der Waals surface area contributed by atoms with Crippen LogP contribution in [0.25, 0.3) is 11.1 Å². The average molecular weight is 244 g/mol. The molecule has 2 N–H and O–H groups in total. The van der Waals surface area contributed by atoms with E-state index in [4.69, 9.17) is 10.2 Å². The Balaban J connectivity index is 2.07. The van der Waals surface area contributed by atoms with Crippen molar-refractivity contribution in [2.75, 3.05) is 5.73 Å². The molecule has 1 saturated carbocycles. The summed E-state index contributed by atoms with van der Waals surface area (Å²) in [5, 5.41) is 0. The smallest absolute Gasteiger partial charge is 0.198 e. The molecule has 0 saturated heterocycles. The molecule has 1 aromatic carbocycles.